The third kappa shape index (κ3) is 2.44. The van der Waals surface area contributed by atoms with E-state index < -0.39 is 5.97 Å². The maximum absolute atomic E-state index is 11.3. The Morgan fingerprint density at radius 1 is 1.38 bits per heavy atom. The summed E-state index contributed by atoms with van der Waals surface area (Å²) in [6.45, 7) is 2.48. The average Bonchev–Trinajstić information content (AvgIpc) is 2.52. The van der Waals surface area contributed by atoms with Crippen molar-refractivity contribution < 1.29 is 14.7 Å². The lowest BCUT2D eigenvalue weighted by molar-refractivity contribution is -0.141. The first kappa shape index (κ1) is 10.0. The average molecular weight is 185 g/mol. The molecule has 0 spiro atoms. The predicted octanol–water partition coefficient (Wildman–Crippen LogP) is 0.623. The molecule has 1 amide bonds. The summed E-state index contributed by atoms with van der Waals surface area (Å²) >= 11 is 0. The molecule has 1 saturated carbocycles. The number of aliphatic carboxylic acids is 1. The molecule has 2 atom stereocenters. The SMILES string of the molecule is CCNC(=O)[C@@H]1CC[C@H](C(=O)O)C1. The number of amides is 1. The Kier molecular flexibility index (Phi) is 3.28. The van der Waals surface area contributed by atoms with Crippen LogP contribution in [0, 0.1) is 11.8 Å². The van der Waals surface area contributed by atoms with Crippen molar-refractivity contribution in [2.75, 3.05) is 6.54 Å². The molecule has 0 bridgehead atoms. The van der Waals surface area contributed by atoms with Crippen LogP contribution in [0.4, 0.5) is 0 Å². The predicted molar refractivity (Wildman–Crippen MR) is 47.2 cm³/mol. The minimum Gasteiger partial charge on any atom is -0.481 e. The molecule has 0 heterocycles. The molecule has 2 N–H and O–H groups in total. The molecule has 74 valence electrons. The number of nitrogens with one attached hydrogen (secondary N) is 1. The zero-order valence-corrected chi connectivity index (χ0v) is 7.75. The fourth-order valence-corrected chi connectivity index (χ4v) is 1.76. The van der Waals surface area contributed by atoms with Crippen LogP contribution in [0.1, 0.15) is 26.2 Å². The van der Waals surface area contributed by atoms with Crippen LogP contribution < -0.4 is 5.32 Å². The van der Waals surface area contributed by atoms with Gasteiger partial charge in [-0.2, -0.15) is 0 Å². The van der Waals surface area contributed by atoms with Crippen LogP contribution in [-0.2, 0) is 9.59 Å². The highest BCUT2D eigenvalue weighted by Crippen LogP contribution is 2.30. The van der Waals surface area contributed by atoms with E-state index in [0.29, 0.717) is 25.8 Å². The number of carbonyl (C=O) groups excluding carboxylic acids is 1. The highest BCUT2D eigenvalue weighted by molar-refractivity contribution is 5.80. The molecule has 4 nitrogen and oxygen atoms in total. The molecule has 0 radical (unpaired) electrons. The number of carboxylic acid groups (broad SMARTS) is 1. The topological polar surface area (TPSA) is 66.4 Å². The molecule has 0 saturated heterocycles. The van der Waals surface area contributed by atoms with Crippen molar-refractivity contribution >= 4 is 11.9 Å². The summed E-state index contributed by atoms with van der Waals surface area (Å²) in [6, 6.07) is 0. The summed E-state index contributed by atoms with van der Waals surface area (Å²) in [6.07, 6.45) is 1.85. The van der Waals surface area contributed by atoms with Crippen molar-refractivity contribution in [2.45, 2.75) is 26.2 Å². The highest BCUT2D eigenvalue weighted by Gasteiger charge is 2.33. The zero-order valence-electron chi connectivity index (χ0n) is 7.75. The lowest BCUT2D eigenvalue weighted by atomic mass is 10.0. The normalized spacial score (nSPS) is 27.2. The minimum atomic E-state index is -0.771. The van der Waals surface area contributed by atoms with Crippen molar-refractivity contribution in [2.24, 2.45) is 11.8 Å². The van der Waals surface area contributed by atoms with Crippen LogP contribution in [0.15, 0.2) is 0 Å². The van der Waals surface area contributed by atoms with Crippen LogP contribution in [-0.4, -0.2) is 23.5 Å². The van der Waals surface area contributed by atoms with E-state index in [4.69, 9.17) is 5.11 Å². The van der Waals surface area contributed by atoms with Gasteiger partial charge in [0, 0.05) is 12.5 Å². The Hall–Kier alpha value is -1.06. The summed E-state index contributed by atoms with van der Waals surface area (Å²) in [5.41, 5.74) is 0. The molecule has 0 aliphatic heterocycles. The van der Waals surface area contributed by atoms with E-state index in [1.165, 1.54) is 0 Å². The Labute approximate surface area is 77.3 Å². The number of carboxylic acids is 1. The molecule has 0 aromatic carbocycles. The maximum atomic E-state index is 11.3. The molecule has 0 aromatic rings. The fraction of sp³-hybridized carbons (Fsp3) is 0.778. The third-order valence-corrected chi connectivity index (χ3v) is 2.50. The summed E-state index contributed by atoms with van der Waals surface area (Å²) < 4.78 is 0. The van der Waals surface area contributed by atoms with Crippen LogP contribution in [0.5, 0.6) is 0 Å². The lowest BCUT2D eigenvalue weighted by Gasteiger charge is -2.08. The van der Waals surface area contributed by atoms with Crippen LogP contribution in [0.2, 0.25) is 0 Å². The van der Waals surface area contributed by atoms with Gasteiger partial charge in [-0.3, -0.25) is 9.59 Å². The van der Waals surface area contributed by atoms with Gasteiger partial charge in [-0.05, 0) is 26.2 Å². The summed E-state index contributed by atoms with van der Waals surface area (Å²) in [4.78, 5) is 21.9. The molecule has 0 aromatic heterocycles. The number of hydrogen-bond donors (Lipinski definition) is 2. The van der Waals surface area contributed by atoms with Gasteiger partial charge < -0.3 is 10.4 Å². The summed E-state index contributed by atoms with van der Waals surface area (Å²) in [5.74, 6) is -1.16. The van der Waals surface area contributed by atoms with Gasteiger partial charge in [0.05, 0.1) is 5.92 Å². The summed E-state index contributed by atoms with van der Waals surface area (Å²) in [7, 11) is 0. The van der Waals surface area contributed by atoms with Gasteiger partial charge in [-0.15, -0.1) is 0 Å². The van der Waals surface area contributed by atoms with Gasteiger partial charge in [0.25, 0.3) is 0 Å². The van der Waals surface area contributed by atoms with E-state index in [1.807, 2.05) is 6.92 Å². The second kappa shape index (κ2) is 4.25. The van der Waals surface area contributed by atoms with E-state index in [9.17, 15) is 9.59 Å². The Morgan fingerprint density at radius 3 is 2.46 bits per heavy atom. The van der Waals surface area contributed by atoms with E-state index in [1.54, 1.807) is 0 Å². The van der Waals surface area contributed by atoms with Crippen molar-refractivity contribution in [3.63, 3.8) is 0 Å². The molecule has 0 unspecified atom stereocenters. The van der Waals surface area contributed by atoms with Crippen LogP contribution >= 0.6 is 0 Å². The van der Waals surface area contributed by atoms with E-state index >= 15 is 0 Å². The standard InChI is InChI=1S/C9H15NO3/c1-2-10-8(11)6-3-4-7(5-6)9(12)13/h6-7H,2-5H2,1H3,(H,10,11)(H,12,13)/t6-,7+/m1/s1. The lowest BCUT2D eigenvalue weighted by Crippen LogP contribution is -2.29. The summed E-state index contributed by atoms with van der Waals surface area (Å²) in [5, 5.41) is 11.4. The first-order valence-electron chi connectivity index (χ1n) is 4.65. The molecule has 1 fully saturated rings. The maximum Gasteiger partial charge on any atom is 0.306 e. The number of rotatable bonds is 3. The van der Waals surface area contributed by atoms with Gasteiger partial charge in [0.2, 0.25) is 5.91 Å². The van der Waals surface area contributed by atoms with Crippen molar-refractivity contribution in [3.05, 3.63) is 0 Å². The zero-order chi connectivity index (χ0) is 9.84. The molecular formula is C9H15NO3. The van der Waals surface area contributed by atoms with Crippen molar-refractivity contribution in [1.29, 1.82) is 0 Å². The molecule has 13 heavy (non-hydrogen) atoms. The Morgan fingerprint density at radius 2 is 2.00 bits per heavy atom. The third-order valence-electron chi connectivity index (χ3n) is 2.50. The van der Waals surface area contributed by atoms with E-state index in [-0.39, 0.29) is 17.7 Å². The minimum absolute atomic E-state index is 0.00579. The number of hydrogen-bond acceptors (Lipinski definition) is 2. The van der Waals surface area contributed by atoms with E-state index in [0.717, 1.165) is 0 Å². The highest BCUT2D eigenvalue weighted by atomic mass is 16.4. The molecule has 1 aliphatic carbocycles. The Bertz CT molecular complexity index is 215. The second-order valence-electron chi connectivity index (χ2n) is 3.44. The van der Waals surface area contributed by atoms with Gasteiger partial charge in [0.1, 0.15) is 0 Å². The Balaban J connectivity index is 2.40. The largest absolute Gasteiger partial charge is 0.481 e. The van der Waals surface area contributed by atoms with Crippen molar-refractivity contribution in [3.8, 4) is 0 Å². The van der Waals surface area contributed by atoms with Gasteiger partial charge >= 0.3 is 5.97 Å². The fourth-order valence-electron chi connectivity index (χ4n) is 1.76. The molecule has 1 aliphatic rings. The second-order valence-corrected chi connectivity index (χ2v) is 3.44. The molecule has 4 heteroatoms. The first-order valence-corrected chi connectivity index (χ1v) is 4.65. The molecule has 1 rings (SSSR count). The first-order chi connectivity index (χ1) is 6.15. The number of carbonyl (C=O) groups is 2. The van der Waals surface area contributed by atoms with E-state index in [2.05, 4.69) is 5.32 Å². The van der Waals surface area contributed by atoms with Gasteiger partial charge in [-0.1, -0.05) is 0 Å². The monoisotopic (exact) mass is 185 g/mol. The van der Waals surface area contributed by atoms with Gasteiger partial charge in [0.15, 0.2) is 0 Å². The van der Waals surface area contributed by atoms with Gasteiger partial charge in [-0.25, -0.2) is 0 Å². The smallest absolute Gasteiger partial charge is 0.306 e. The van der Waals surface area contributed by atoms with Crippen LogP contribution in [0.3, 0.4) is 0 Å². The quantitative estimate of drug-likeness (QED) is 0.677. The van der Waals surface area contributed by atoms with Crippen molar-refractivity contribution in [1.82, 2.24) is 5.32 Å². The van der Waals surface area contributed by atoms with Crippen LogP contribution in [0.25, 0.3) is 0 Å². The molecular weight excluding hydrogens is 170 g/mol.